The van der Waals surface area contributed by atoms with Crippen molar-refractivity contribution in [2.24, 2.45) is 0 Å². The number of sulfone groups is 1. The minimum absolute atomic E-state index is 0.0295. The van der Waals surface area contributed by atoms with Gasteiger partial charge in [-0.05, 0) is 35.1 Å². The fraction of sp³-hybridized carbons (Fsp3) is 0.375. The quantitative estimate of drug-likeness (QED) is 0.544. The van der Waals surface area contributed by atoms with E-state index in [0.717, 1.165) is 22.3 Å². The van der Waals surface area contributed by atoms with Crippen molar-refractivity contribution in [2.45, 2.75) is 37.3 Å². The molecule has 4 rings (SSSR count). The van der Waals surface area contributed by atoms with Gasteiger partial charge in [0.05, 0.1) is 17.9 Å². The molecule has 2 aromatic carbocycles. The van der Waals surface area contributed by atoms with Gasteiger partial charge in [-0.2, -0.15) is 0 Å². The van der Waals surface area contributed by atoms with E-state index in [2.05, 4.69) is 10.6 Å². The Kier molecular flexibility index (Phi) is 6.87. The Bertz CT molecular complexity index is 1150. The highest BCUT2D eigenvalue weighted by Gasteiger charge is 2.31. The van der Waals surface area contributed by atoms with Crippen LogP contribution in [-0.4, -0.2) is 61.7 Å². The van der Waals surface area contributed by atoms with Gasteiger partial charge in [0.2, 0.25) is 5.91 Å². The number of fused-ring (bicyclic) bond motifs is 3. The molecule has 2 aliphatic rings. The zero-order chi connectivity index (χ0) is 24.3. The average molecular weight is 487 g/mol. The maximum atomic E-state index is 12.6. The summed E-state index contributed by atoms with van der Waals surface area (Å²) in [7, 11) is -3.10. The molecule has 9 nitrogen and oxygen atoms in total. The average Bonchev–Trinajstić information content (AvgIpc) is 3.12. The van der Waals surface area contributed by atoms with E-state index < -0.39 is 46.3 Å². The largest absolute Gasteiger partial charge is 0.481 e. The second kappa shape index (κ2) is 9.84. The second-order valence-electron chi connectivity index (χ2n) is 8.56. The predicted octanol–water partition coefficient (Wildman–Crippen LogP) is 2.06. The lowest BCUT2D eigenvalue weighted by Gasteiger charge is -2.25. The number of hydrogen-bond donors (Lipinski definition) is 3. The minimum Gasteiger partial charge on any atom is -0.481 e. The lowest BCUT2D eigenvalue weighted by Crippen LogP contribution is -2.52. The Labute approximate surface area is 197 Å². The molecule has 180 valence electrons. The highest BCUT2D eigenvalue weighted by molar-refractivity contribution is 7.91. The van der Waals surface area contributed by atoms with E-state index in [1.807, 2.05) is 48.5 Å². The molecule has 0 radical (unpaired) electrons. The number of aliphatic carboxylic acids is 1. The molecule has 2 aromatic rings. The van der Waals surface area contributed by atoms with Gasteiger partial charge in [0.25, 0.3) is 0 Å². The van der Waals surface area contributed by atoms with E-state index >= 15 is 0 Å². The topological polar surface area (TPSA) is 139 Å². The minimum atomic E-state index is -3.10. The number of carbonyl (C=O) groups is 3. The third-order valence-corrected chi connectivity index (χ3v) is 7.95. The van der Waals surface area contributed by atoms with Crippen LogP contribution in [0.2, 0.25) is 0 Å². The van der Waals surface area contributed by atoms with E-state index in [1.54, 1.807) is 0 Å². The summed E-state index contributed by atoms with van der Waals surface area (Å²) in [6, 6.07) is 14.0. The number of amides is 2. The summed E-state index contributed by atoms with van der Waals surface area (Å²) in [5.74, 6) is -2.19. The summed E-state index contributed by atoms with van der Waals surface area (Å²) in [6.45, 7) is 0.0295. The summed E-state index contributed by atoms with van der Waals surface area (Å²) in [5.41, 5.74) is 4.21. The molecule has 0 bridgehead atoms. The van der Waals surface area contributed by atoms with Gasteiger partial charge in [0.15, 0.2) is 0 Å². The standard InChI is InChI=1S/C24H26N2O7S/c27-22(28)13-21(23(29)25-15-9-11-34(31,32)12-10-15)26-24(30)33-14-20-18-7-3-1-5-16(18)17-6-2-4-8-19(17)20/h1-8,15,20-21H,9-14H2,(H,25,29)(H,26,30)(H,27,28). The highest BCUT2D eigenvalue weighted by atomic mass is 32.2. The first-order valence-electron chi connectivity index (χ1n) is 11.1. The van der Waals surface area contributed by atoms with Crippen molar-refractivity contribution in [3.05, 3.63) is 59.7 Å². The highest BCUT2D eigenvalue weighted by Crippen LogP contribution is 2.44. The molecule has 1 saturated heterocycles. The number of benzene rings is 2. The van der Waals surface area contributed by atoms with Gasteiger partial charge in [-0.25, -0.2) is 13.2 Å². The summed E-state index contributed by atoms with van der Waals surface area (Å²) in [4.78, 5) is 36.4. The van der Waals surface area contributed by atoms with Crippen molar-refractivity contribution in [1.29, 1.82) is 0 Å². The van der Waals surface area contributed by atoms with Crippen LogP contribution in [0.4, 0.5) is 4.79 Å². The Balaban J connectivity index is 1.38. The maximum Gasteiger partial charge on any atom is 0.407 e. The molecule has 0 spiro atoms. The first-order valence-corrected chi connectivity index (χ1v) is 12.9. The van der Waals surface area contributed by atoms with E-state index in [-0.39, 0.29) is 36.9 Å². The molecule has 0 aromatic heterocycles. The molecular weight excluding hydrogens is 460 g/mol. The lowest BCUT2D eigenvalue weighted by molar-refractivity contribution is -0.140. The van der Waals surface area contributed by atoms with Crippen molar-refractivity contribution < 1.29 is 32.6 Å². The number of carboxylic acid groups (broad SMARTS) is 1. The van der Waals surface area contributed by atoms with E-state index in [9.17, 15) is 27.9 Å². The first kappa shape index (κ1) is 23.7. The molecular formula is C24H26N2O7S. The summed E-state index contributed by atoms with van der Waals surface area (Å²) < 4.78 is 28.6. The molecule has 1 heterocycles. The zero-order valence-corrected chi connectivity index (χ0v) is 19.2. The van der Waals surface area contributed by atoms with Crippen LogP contribution in [-0.2, 0) is 24.2 Å². The summed E-state index contributed by atoms with van der Waals surface area (Å²) in [6.07, 6.45) is -1.02. The lowest BCUT2D eigenvalue weighted by atomic mass is 9.98. The Morgan fingerprint density at radius 3 is 2.09 bits per heavy atom. The second-order valence-corrected chi connectivity index (χ2v) is 10.9. The Morgan fingerprint density at radius 2 is 1.53 bits per heavy atom. The third-order valence-electron chi connectivity index (χ3n) is 6.23. The van der Waals surface area contributed by atoms with Crippen molar-refractivity contribution in [2.75, 3.05) is 18.1 Å². The van der Waals surface area contributed by atoms with Crippen LogP contribution in [0, 0.1) is 0 Å². The smallest absolute Gasteiger partial charge is 0.407 e. The molecule has 1 aliphatic carbocycles. The normalized spacial score (nSPS) is 17.8. The summed E-state index contributed by atoms with van der Waals surface area (Å²) >= 11 is 0. The van der Waals surface area contributed by atoms with E-state index in [0.29, 0.717) is 0 Å². The van der Waals surface area contributed by atoms with E-state index in [1.165, 1.54) is 0 Å². The molecule has 1 aliphatic heterocycles. The molecule has 3 N–H and O–H groups in total. The van der Waals surface area contributed by atoms with Crippen LogP contribution in [0.15, 0.2) is 48.5 Å². The predicted molar refractivity (Wildman–Crippen MR) is 124 cm³/mol. The SMILES string of the molecule is O=C(O)CC(NC(=O)OCC1c2ccccc2-c2ccccc21)C(=O)NC1CCS(=O)(=O)CC1. The van der Waals surface area contributed by atoms with Gasteiger partial charge in [0, 0.05) is 12.0 Å². The van der Waals surface area contributed by atoms with Gasteiger partial charge in [-0.15, -0.1) is 0 Å². The molecule has 34 heavy (non-hydrogen) atoms. The molecule has 1 unspecified atom stereocenters. The van der Waals surface area contributed by atoms with Crippen molar-refractivity contribution in [3.63, 3.8) is 0 Å². The van der Waals surface area contributed by atoms with Gasteiger partial charge in [-0.1, -0.05) is 48.5 Å². The van der Waals surface area contributed by atoms with Gasteiger partial charge < -0.3 is 20.5 Å². The van der Waals surface area contributed by atoms with Crippen LogP contribution in [0.25, 0.3) is 11.1 Å². The van der Waals surface area contributed by atoms with Crippen LogP contribution < -0.4 is 10.6 Å². The first-order chi connectivity index (χ1) is 16.2. The number of rotatable bonds is 7. The third kappa shape index (κ3) is 5.39. The van der Waals surface area contributed by atoms with Crippen LogP contribution in [0.5, 0.6) is 0 Å². The van der Waals surface area contributed by atoms with Gasteiger partial charge in [-0.3, -0.25) is 9.59 Å². The van der Waals surface area contributed by atoms with Crippen molar-refractivity contribution >= 4 is 27.8 Å². The van der Waals surface area contributed by atoms with E-state index in [4.69, 9.17) is 4.74 Å². The fourth-order valence-corrected chi connectivity index (χ4v) is 5.99. The number of hydrogen-bond acceptors (Lipinski definition) is 6. The molecule has 1 atom stereocenters. The number of ether oxygens (including phenoxy) is 1. The molecule has 0 saturated carbocycles. The van der Waals surface area contributed by atoms with Gasteiger partial charge >= 0.3 is 12.1 Å². The van der Waals surface area contributed by atoms with Crippen LogP contribution >= 0.6 is 0 Å². The monoisotopic (exact) mass is 486 g/mol. The Hall–Kier alpha value is -3.40. The Morgan fingerprint density at radius 1 is 0.971 bits per heavy atom. The zero-order valence-electron chi connectivity index (χ0n) is 18.4. The van der Waals surface area contributed by atoms with Crippen molar-refractivity contribution in [3.8, 4) is 11.1 Å². The molecule has 10 heteroatoms. The fourth-order valence-electron chi connectivity index (χ4n) is 4.50. The van der Waals surface area contributed by atoms with Gasteiger partial charge in [0.1, 0.15) is 22.5 Å². The molecule has 2 amide bonds. The van der Waals surface area contributed by atoms with Crippen LogP contribution in [0.1, 0.15) is 36.3 Å². The van der Waals surface area contributed by atoms with Crippen molar-refractivity contribution in [1.82, 2.24) is 10.6 Å². The number of nitrogens with one attached hydrogen (secondary N) is 2. The van der Waals surface area contributed by atoms with Crippen LogP contribution in [0.3, 0.4) is 0 Å². The number of carboxylic acids is 1. The number of carbonyl (C=O) groups excluding carboxylic acids is 2. The number of alkyl carbamates (subject to hydrolysis) is 1. The summed E-state index contributed by atoms with van der Waals surface area (Å²) in [5, 5.41) is 14.2. The molecule has 1 fully saturated rings. The maximum absolute atomic E-state index is 12.6.